The van der Waals surface area contributed by atoms with Crippen LogP contribution < -0.4 is 0 Å². The first-order valence-corrected chi connectivity index (χ1v) is 6.14. The number of carboxylic acids is 1. The minimum absolute atomic E-state index is 0.0778. The molecule has 1 atom stereocenters. The summed E-state index contributed by atoms with van der Waals surface area (Å²) >= 11 is 0. The molecule has 1 aliphatic rings. The maximum atomic E-state index is 12.6. The molecule has 0 radical (unpaired) electrons. The zero-order chi connectivity index (χ0) is 14.9. The number of hydrogen-bond acceptors (Lipinski definition) is 3. The maximum absolute atomic E-state index is 12.6. The Kier molecular flexibility index (Phi) is 3.89. The summed E-state index contributed by atoms with van der Waals surface area (Å²) in [6.45, 7) is 0.600. The van der Waals surface area contributed by atoms with Crippen molar-refractivity contribution in [2.45, 2.75) is 31.6 Å². The molecule has 2 N–H and O–H groups in total. The van der Waals surface area contributed by atoms with Crippen molar-refractivity contribution in [3.63, 3.8) is 0 Å². The number of rotatable bonds is 3. The Morgan fingerprint density at radius 1 is 1.35 bits per heavy atom. The highest BCUT2D eigenvalue weighted by Crippen LogP contribution is 2.33. The molecular formula is C13H14F3NO3. The van der Waals surface area contributed by atoms with Crippen LogP contribution in [0.1, 0.15) is 24.0 Å². The molecule has 1 aromatic carbocycles. The highest BCUT2D eigenvalue weighted by atomic mass is 19.4. The van der Waals surface area contributed by atoms with Crippen molar-refractivity contribution in [1.29, 1.82) is 0 Å². The van der Waals surface area contributed by atoms with Gasteiger partial charge >= 0.3 is 12.1 Å². The predicted molar refractivity (Wildman–Crippen MR) is 64.2 cm³/mol. The Morgan fingerprint density at radius 2 is 2.05 bits per heavy atom. The van der Waals surface area contributed by atoms with Gasteiger partial charge in [-0.15, -0.1) is 0 Å². The van der Waals surface area contributed by atoms with Crippen LogP contribution in [-0.2, 0) is 17.5 Å². The van der Waals surface area contributed by atoms with Gasteiger partial charge in [-0.3, -0.25) is 9.69 Å². The standard InChI is InChI=1S/C13H14F3NO3/c14-13(15,16)9-4-8(5-10(18)6-9)7-17-3-1-2-11(17)12(19)20/h4-6,11,18H,1-3,7H2,(H,19,20). The van der Waals surface area contributed by atoms with Crippen molar-refractivity contribution in [3.8, 4) is 5.75 Å². The third kappa shape index (κ3) is 3.22. The van der Waals surface area contributed by atoms with Crippen molar-refractivity contribution < 1.29 is 28.2 Å². The molecule has 0 aliphatic carbocycles. The van der Waals surface area contributed by atoms with E-state index in [1.807, 2.05) is 0 Å². The quantitative estimate of drug-likeness (QED) is 0.897. The lowest BCUT2D eigenvalue weighted by molar-refractivity contribution is -0.142. The molecule has 1 fully saturated rings. The summed E-state index contributed by atoms with van der Waals surface area (Å²) in [4.78, 5) is 12.6. The number of phenols is 1. The highest BCUT2D eigenvalue weighted by molar-refractivity contribution is 5.73. The van der Waals surface area contributed by atoms with Gasteiger partial charge in [0.15, 0.2) is 0 Å². The topological polar surface area (TPSA) is 60.8 Å². The molecule has 0 aromatic heterocycles. The third-order valence-corrected chi connectivity index (χ3v) is 3.34. The van der Waals surface area contributed by atoms with Crippen LogP contribution >= 0.6 is 0 Å². The van der Waals surface area contributed by atoms with Crippen LogP contribution in [0, 0.1) is 0 Å². The Labute approximate surface area is 113 Å². The minimum Gasteiger partial charge on any atom is -0.508 e. The fraction of sp³-hybridized carbons (Fsp3) is 0.462. The van der Waals surface area contributed by atoms with E-state index in [1.54, 1.807) is 4.90 Å². The second kappa shape index (κ2) is 5.32. The third-order valence-electron chi connectivity index (χ3n) is 3.34. The molecule has 0 bridgehead atoms. The lowest BCUT2D eigenvalue weighted by atomic mass is 10.1. The van der Waals surface area contributed by atoms with Crippen LogP contribution in [0.3, 0.4) is 0 Å². The smallest absolute Gasteiger partial charge is 0.416 e. The first kappa shape index (κ1) is 14.6. The molecule has 1 heterocycles. The molecule has 0 spiro atoms. The van der Waals surface area contributed by atoms with E-state index in [2.05, 4.69) is 0 Å². The van der Waals surface area contributed by atoms with Crippen LogP contribution in [0.4, 0.5) is 13.2 Å². The molecule has 110 valence electrons. The molecule has 0 amide bonds. The Morgan fingerprint density at radius 3 is 2.65 bits per heavy atom. The summed E-state index contributed by atoms with van der Waals surface area (Å²) in [5.41, 5.74) is -0.677. The maximum Gasteiger partial charge on any atom is 0.416 e. The Bertz CT molecular complexity index is 516. The van der Waals surface area contributed by atoms with Crippen LogP contribution in [0.2, 0.25) is 0 Å². The molecule has 1 aromatic rings. The first-order valence-electron chi connectivity index (χ1n) is 6.14. The molecule has 1 aliphatic heterocycles. The van der Waals surface area contributed by atoms with Crippen LogP contribution in [0.15, 0.2) is 18.2 Å². The predicted octanol–water partition coefficient (Wildman–Crippen LogP) is 2.46. The Balaban J connectivity index is 2.21. The van der Waals surface area contributed by atoms with Crippen LogP contribution in [0.25, 0.3) is 0 Å². The number of likely N-dealkylation sites (tertiary alicyclic amines) is 1. The van der Waals surface area contributed by atoms with E-state index in [0.29, 0.717) is 25.5 Å². The number of benzene rings is 1. The fourth-order valence-corrected chi connectivity index (χ4v) is 2.46. The van der Waals surface area contributed by atoms with E-state index in [9.17, 15) is 23.1 Å². The van der Waals surface area contributed by atoms with E-state index < -0.39 is 29.5 Å². The van der Waals surface area contributed by atoms with Gasteiger partial charge in [-0.1, -0.05) is 0 Å². The first-order chi connectivity index (χ1) is 9.27. The van der Waals surface area contributed by atoms with Crippen LogP contribution in [0.5, 0.6) is 5.75 Å². The van der Waals surface area contributed by atoms with Gasteiger partial charge in [0, 0.05) is 6.54 Å². The lowest BCUT2D eigenvalue weighted by Crippen LogP contribution is -2.35. The molecule has 4 nitrogen and oxygen atoms in total. The van der Waals surface area contributed by atoms with Crippen LogP contribution in [-0.4, -0.2) is 33.7 Å². The zero-order valence-corrected chi connectivity index (χ0v) is 10.5. The molecule has 2 rings (SSSR count). The summed E-state index contributed by atoms with van der Waals surface area (Å²) < 4.78 is 37.9. The van der Waals surface area contributed by atoms with Gasteiger partial charge in [-0.25, -0.2) is 0 Å². The normalized spacial score (nSPS) is 20.2. The van der Waals surface area contributed by atoms with E-state index in [1.165, 1.54) is 6.07 Å². The molecule has 0 saturated carbocycles. The number of carbonyl (C=O) groups is 1. The molecule has 20 heavy (non-hydrogen) atoms. The van der Waals surface area contributed by atoms with Gasteiger partial charge in [-0.05, 0) is 43.1 Å². The number of aromatic hydroxyl groups is 1. The van der Waals surface area contributed by atoms with Crippen molar-refractivity contribution >= 4 is 5.97 Å². The van der Waals surface area contributed by atoms with Crippen molar-refractivity contribution in [2.24, 2.45) is 0 Å². The van der Waals surface area contributed by atoms with Crippen molar-refractivity contribution in [3.05, 3.63) is 29.3 Å². The minimum atomic E-state index is -4.54. The zero-order valence-electron chi connectivity index (χ0n) is 10.5. The largest absolute Gasteiger partial charge is 0.508 e. The number of carboxylic acid groups (broad SMARTS) is 1. The number of aliphatic carboxylic acids is 1. The van der Waals surface area contributed by atoms with Gasteiger partial charge in [0.05, 0.1) is 5.56 Å². The second-order valence-corrected chi connectivity index (χ2v) is 4.85. The molecule has 1 saturated heterocycles. The number of alkyl halides is 3. The summed E-state index contributed by atoms with van der Waals surface area (Å²) in [6.07, 6.45) is -3.35. The highest BCUT2D eigenvalue weighted by Gasteiger charge is 2.33. The number of nitrogens with zero attached hydrogens (tertiary/aromatic N) is 1. The number of halogens is 3. The fourth-order valence-electron chi connectivity index (χ4n) is 2.46. The number of hydrogen-bond donors (Lipinski definition) is 2. The average Bonchev–Trinajstić information content (AvgIpc) is 2.75. The lowest BCUT2D eigenvalue weighted by Gasteiger charge is -2.21. The van der Waals surface area contributed by atoms with E-state index >= 15 is 0 Å². The molecule has 1 unspecified atom stereocenters. The summed E-state index contributed by atoms with van der Waals surface area (Å²) in [7, 11) is 0. The second-order valence-electron chi connectivity index (χ2n) is 4.85. The van der Waals surface area contributed by atoms with E-state index in [-0.39, 0.29) is 12.1 Å². The molecule has 7 heteroatoms. The monoisotopic (exact) mass is 289 g/mol. The number of phenolic OH excluding ortho intramolecular Hbond substituents is 1. The summed E-state index contributed by atoms with van der Waals surface area (Å²) in [5.74, 6) is -1.44. The summed E-state index contributed by atoms with van der Waals surface area (Å²) in [6, 6.07) is 2.15. The van der Waals surface area contributed by atoms with Crippen molar-refractivity contribution in [1.82, 2.24) is 4.90 Å². The van der Waals surface area contributed by atoms with Gasteiger partial charge in [0.25, 0.3) is 0 Å². The van der Waals surface area contributed by atoms with Gasteiger partial charge in [0.2, 0.25) is 0 Å². The van der Waals surface area contributed by atoms with Gasteiger partial charge < -0.3 is 10.2 Å². The van der Waals surface area contributed by atoms with Gasteiger partial charge in [-0.2, -0.15) is 13.2 Å². The van der Waals surface area contributed by atoms with Crippen molar-refractivity contribution in [2.75, 3.05) is 6.54 Å². The SMILES string of the molecule is O=C(O)C1CCCN1Cc1cc(O)cc(C(F)(F)F)c1. The van der Waals surface area contributed by atoms with E-state index in [0.717, 1.165) is 6.07 Å². The molecular weight excluding hydrogens is 275 g/mol. The Hall–Kier alpha value is -1.76. The summed E-state index contributed by atoms with van der Waals surface area (Å²) in [5, 5.41) is 18.4. The van der Waals surface area contributed by atoms with E-state index in [4.69, 9.17) is 5.11 Å². The average molecular weight is 289 g/mol. The van der Waals surface area contributed by atoms with Gasteiger partial charge in [0.1, 0.15) is 11.8 Å².